The average Bonchev–Trinajstić information content (AvgIpc) is 2.74. The third-order valence-corrected chi connectivity index (χ3v) is 6.01. The summed E-state index contributed by atoms with van der Waals surface area (Å²) < 4.78 is 20.4. The second kappa shape index (κ2) is 11.7. The average molecular weight is 453 g/mol. The van der Waals surface area contributed by atoms with Crippen LogP contribution in [0.4, 0.5) is 15.9 Å². The topological polar surface area (TPSA) is 110 Å². The van der Waals surface area contributed by atoms with Crippen molar-refractivity contribution in [3.8, 4) is 0 Å². The van der Waals surface area contributed by atoms with Crippen LogP contribution in [0, 0.1) is 5.82 Å². The Balaban J connectivity index is 2.30. The highest BCUT2D eigenvalue weighted by atomic mass is 32.2. The summed E-state index contributed by atoms with van der Waals surface area (Å²) in [5, 5.41) is -0.274. The van der Waals surface area contributed by atoms with Crippen molar-refractivity contribution in [2.24, 2.45) is 0 Å². The number of H-pyrrole nitrogens is 1. The van der Waals surface area contributed by atoms with Crippen LogP contribution in [0.25, 0.3) is 0 Å². The number of nitrogens with zero attached hydrogens (tertiary/aromatic N) is 2. The van der Waals surface area contributed by atoms with Gasteiger partial charge >= 0.3 is 5.69 Å². The Labute approximate surface area is 184 Å². The molecule has 0 saturated carbocycles. The van der Waals surface area contributed by atoms with Crippen molar-refractivity contribution in [1.29, 1.82) is 0 Å². The Kier molecular flexibility index (Phi) is 9.32. The number of aromatic nitrogens is 2. The third-order valence-electron chi connectivity index (χ3n) is 4.84. The lowest BCUT2D eigenvalue weighted by Crippen LogP contribution is -2.43. The minimum absolute atomic E-state index is 0.00776. The summed E-state index contributed by atoms with van der Waals surface area (Å²) in [5.74, 6) is -0.788. The number of thioether (sulfide) groups is 1. The lowest BCUT2D eigenvalue weighted by atomic mass is 10.1. The molecule has 31 heavy (non-hydrogen) atoms. The van der Waals surface area contributed by atoms with Crippen molar-refractivity contribution >= 4 is 29.2 Å². The van der Waals surface area contributed by atoms with Gasteiger partial charge in [-0.2, -0.15) is 0 Å². The number of carbonyl (C=O) groups excluding carboxylic acids is 1. The summed E-state index contributed by atoms with van der Waals surface area (Å²) in [6.45, 7) is 4.37. The Morgan fingerprint density at radius 3 is 2.71 bits per heavy atom. The molecule has 0 aliphatic carbocycles. The number of halogens is 1. The second-order valence-electron chi connectivity index (χ2n) is 7.01. The van der Waals surface area contributed by atoms with Gasteiger partial charge in [0.2, 0.25) is 5.91 Å². The normalized spacial score (nSPS) is 12.0. The van der Waals surface area contributed by atoms with E-state index in [1.807, 2.05) is 13.8 Å². The van der Waals surface area contributed by atoms with E-state index in [2.05, 4.69) is 4.98 Å². The molecule has 170 valence electrons. The molecule has 1 atom stereocenters. The molecule has 0 saturated heterocycles. The maximum atomic E-state index is 14.0. The summed E-state index contributed by atoms with van der Waals surface area (Å²) in [7, 11) is 1.48. The fraction of sp³-hybridized carbons (Fsp3) is 0.476. The van der Waals surface area contributed by atoms with Crippen LogP contribution in [0.3, 0.4) is 0 Å². The van der Waals surface area contributed by atoms with Crippen LogP contribution in [0.15, 0.2) is 33.9 Å². The van der Waals surface area contributed by atoms with Gasteiger partial charge in [0.05, 0.1) is 12.4 Å². The highest BCUT2D eigenvalue weighted by Gasteiger charge is 2.25. The minimum Gasteiger partial charge on any atom is -0.383 e. The number of nitrogen functional groups attached to an aromatic ring is 1. The van der Waals surface area contributed by atoms with Gasteiger partial charge in [-0.15, -0.1) is 11.8 Å². The van der Waals surface area contributed by atoms with Gasteiger partial charge in [0.1, 0.15) is 11.6 Å². The number of unbranched alkanes of at least 4 members (excludes halogenated alkanes) is 1. The van der Waals surface area contributed by atoms with E-state index >= 15 is 0 Å². The number of hydrogen-bond donors (Lipinski definition) is 2. The van der Waals surface area contributed by atoms with E-state index < -0.39 is 11.2 Å². The molecular weight excluding hydrogens is 423 g/mol. The first-order valence-corrected chi connectivity index (χ1v) is 11.1. The number of methoxy groups -OCH3 is 1. The maximum Gasteiger partial charge on any atom is 0.330 e. The van der Waals surface area contributed by atoms with Gasteiger partial charge in [0.15, 0.2) is 5.69 Å². The number of anilines is 2. The van der Waals surface area contributed by atoms with Crippen LogP contribution < -0.4 is 21.9 Å². The van der Waals surface area contributed by atoms with Crippen LogP contribution in [0.5, 0.6) is 0 Å². The van der Waals surface area contributed by atoms with Crippen molar-refractivity contribution < 1.29 is 13.9 Å². The predicted molar refractivity (Wildman–Crippen MR) is 122 cm³/mol. The van der Waals surface area contributed by atoms with Crippen molar-refractivity contribution in [1.82, 2.24) is 9.55 Å². The molecule has 2 aromatic rings. The first kappa shape index (κ1) is 24.7. The first-order valence-electron chi connectivity index (χ1n) is 10.1. The first-order chi connectivity index (χ1) is 14.8. The second-order valence-corrected chi connectivity index (χ2v) is 8.34. The van der Waals surface area contributed by atoms with Gasteiger partial charge in [-0.25, -0.2) is 9.18 Å². The monoisotopic (exact) mass is 452 g/mol. The Hall–Kier alpha value is -2.59. The number of rotatable bonds is 11. The molecule has 1 aromatic carbocycles. The minimum atomic E-state index is -0.730. The Morgan fingerprint density at radius 1 is 1.35 bits per heavy atom. The van der Waals surface area contributed by atoms with Gasteiger partial charge in [0, 0.05) is 31.0 Å². The number of carbonyl (C=O) groups is 1. The van der Waals surface area contributed by atoms with Crippen molar-refractivity contribution in [2.45, 2.75) is 38.5 Å². The summed E-state index contributed by atoms with van der Waals surface area (Å²) >= 11 is 1.25. The summed E-state index contributed by atoms with van der Waals surface area (Å²) in [5.41, 5.74) is 5.24. The van der Waals surface area contributed by atoms with E-state index in [0.29, 0.717) is 18.5 Å². The van der Waals surface area contributed by atoms with E-state index in [-0.39, 0.29) is 47.4 Å². The molecule has 3 N–H and O–H groups in total. The lowest BCUT2D eigenvalue weighted by Gasteiger charge is -2.25. The summed E-state index contributed by atoms with van der Waals surface area (Å²) in [4.78, 5) is 41.3. The Bertz CT molecular complexity index is 1010. The summed E-state index contributed by atoms with van der Waals surface area (Å²) in [6, 6.07) is 6.39. The van der Waals surface area contributed by atoms with Crippen molar-refractivity contribution in [3.05, 3.63) is 56.5 Å². The van der Waals surface area contributed by atoms with Gasteiger partial charge in [-0.05, 0) is 19.4 Å². The van der Waals surface area contributed by atoms with Crippen molar-refractivity contribution in [3.63, 3.8) is 0 Å². The summed E-state index contributed by atoms with van der Waals surface area (Å²) in [6.07, 6.45) is 1.52. The number of nitrogens with one attached hydrogen (secondary N) is 1. The van der Waals surface area contributed by atoms with Crippen LogP contribution >= 0.6 is 11.8 Å². The van der Waals surface area contributed by atoms with E-state index in [1.54, 1.807) is 18.2 Å². The molecule has 0 aliphatic rings. The lowest BCUT2D eigenvalue weighted by molar-refractivity contribution is -0.116. The molecule has 1 amide bonds. The van der Waals surface area contributed by atoms with Crippen LogP contribution in [0.2, 0.25) is 0 Å². The van der Waals surface area contributed by atoms with E-state index in [4.69, 9.17) is 10.5 Å². The highest BCUT2D eigenvalue weighted by molar-refractivity contribution is 8.00. The maximum absolute atomic E-state index is 14.0. The molecule has 1 unspecified atom stereocenters. The molecule has 8 nitrogen and oxygen atoms in total. The zero-order valence-corrected chi connectivity index (χ0v) is 18.8. The molecule has 0 aliphatic heterocycles. The molecule has 1 heterocycles. The third kappa shape index (κ3) is 6.20. The number of amides is 1. The number of aromatic amines is 1. The molecule has 0 fully saturated rings. The van der Waals surface area contributed by atoms with Crippen molar-refractivity contribution in [2.75, 3.05) is 36.6 Å². The van der Waals surface area contributed by atoms with Crippen LogP contribution in [0.1, 0.15) is 37.5 Å². The van der Waals surface area contributed by atoms with Gasteiger partial charge < -0.3 is 15.4 Å². The molecule has 10 heteroatoms. The number of hydrogen-bond acceptors (Lipinski definition) is 6. The number of nitrogens with two attached hydrogens (primary N) is 1. The molecular formula is C21H29FN4O4S. The quantitative estimate of drug-likeness (QED) is 0.542. The molecule has 0 radical (unpaired) electrons. The SMILES string of the molecule is CCCCn1c(N)c(N(CCOC)C(=O)CSC(C)c2ccccc2F)c(=O)[nH]c1=O. The van der Waals surface area contributed by atoms with Gasteiger partial charge in [-0.1, -0.05) is 31.5 Å². The van der Waals surface area contributed by atoms with E-state index in [9.17, 15) is 18.8 Å². The van der Waals surface area contributed by atoms with Gasteiger partial charge in [-0.3, -0.25) is 19.1 Å². The molecule has 0 bridgehead atoms. The van der Waals surface area contributed by atoms with Crippen LogP contribution in [-0.2, 0) is 16.1 Å². The predicted octanol–water partition coefficient (Wildman–Crippen LogP) is 2.53. The molecule has 2 rings (SSSR count). The van der Waals surface area contributed by atoms with Crippen LogP contribution in [-0.4, -0.2) is 41.5 Å². The number of ether oxygens (including phenoxy) is 1. The molecule has 1 aromatic heterocycles. The largest absolute Gasteiger partial charge is 0.383 e. The number of benzene rings is 1. The van der Waals surface area contributed by atoms with E-state index in [0.717, 1.165) is 6.42 Å². The highest BCUT2D eigenvalue weighted by Crippen LogP contribution is 2.30. The smallest absolute Gasteiger partial charge is 0.330 e. The van der Waals surface area contributed by atoms with E-state index in [1.165, 1.54) is 34.4 Å². The Morgan fingerprint density at radius 2 is 2.06 bits per heavy atom. The standard InChI is InChI=1S/C21H29FN4O4S/c1-4-5-10-26-19(23)18(20(28)24-21(26)29)25(11-12-30-3)17(27)13-31-14(2)15-8-6-7-9-16(15)22/h6-9,14H,4-5,10-13,23H2,1-3H3,(H,24,28,29). The fourth-order valence-corrected chi connectivity index (χ4v) is 4.01. The zero-order chi connectivity index (χ0) is 23.0. The molecule has 0 spiro atoms. The zero-order valence-electron chi connectivity index (χ0n) is 18.0. The fourth-order valence-electron chi connectivity index (χ4n) is 3.09. The van der Waals surface area contributed by atoms with Gasteiger partial charge in [0.25, 0.3) is 5.56 Å².